The number of hydrogen-bond acceptors (Lipinski definition) is 3. The molecule has 0 bridgehead atoms. The van der Waals surface area contributed by atoms with Crippen LogP contribution in [0.5, 0.6) is 0 Å². The van der Waals surface area contributed by atoms with Crippen LogP contribution >= 0.6 is 11.6 Å². The maximum absolute atomic E-state index is 12.9. The highest BCUT2D eigenvalue weighted by molar-refractivity contribution is 7.88. The van der Waals surface area contributed by atoms with Crippen molar-refractivity contribution >= 4 is 21.6 Å². The number of halogens is 2. The molecule has 18 heavy (non-hydrogen) atoms. The number of nitrogens with zero attached hydrogens (tertiary/aromatic N) is 1. The van der Waals surface area contributed by atoms with Gasteiger partial charge in [0.25, 0.3) is 0 Å². The van der Waals surface area contributed by atoms with Crippen LogP contribution in [0.15, 0.2) is 18.2 Å². The first-order chi connectivity index (χ1) is 8.22. The van der Waals surface area contributed by atoms with Crippen molar-refractivity contribution in [2.75, 3.05) is 13.6 Å². The van der Waals surface area contributed by atoms with Crippen LogP contribution in [0.2, 0.25) is 5.02 Å². The topological polar surface area (TPSA) is 57.6 Å². The molecule has 0 aromatic heterocycles. The summed E-state index contributed by atoms with van der Waals surface area (Å²) in [7, 11) is -2.16. The first-order valence-corrected chi connectivity index (χ1v) is 7.27. The second-order valence-electron chi connectivity index (χ2n) is 4.13. The van der Waals surface area contributed by atoms with Gasteiger partial charge in [0.05, 0.1) is 16.9 Å². The van der Waals surface area contributed by atoms with E-state index in [1.165, 1.54) is 26.1 Å². The van der Waals surface area contributed by atoms with Gasteiger partial charge in [-0.3, -0.25) is 0 Å². The number of hydrogen-bond donors (Lipinski definition) is 1. The van der Waals surface area contributed by atoms with E-state index in [-0.39, 0.29) is 17.3 Å². The molecule has 102 valence electrons. The minimum atomic E-state index is -3.55. The molecule has 0 amide bonds. The van der Waals surface area contributed by atoms with Crippen LogP contribution in [0.1, 0.15) is 12.5 Å². The number of rotatable bonds is 5. The number of benzene rings is 1. The fourth-order valence-corrected chi connectivity index (χ4v) is 2.90. The lowest BCUT2D eigenvalue weighted by Crippen LogP contribution is -2.33. The van der Waals surface area contributed by atoms with Gasteiger partial charge >= 0.3 is 0 Å². The molecule has 0 spiro atoms. The molecule has 0 aliphatic rings. The molecule has 0 radical (unpaired) electrons. The van der Waals surface area contributed by atoms with Crippen LogP contribution in [-0.4, -0.2) is 37.5 Å². The monoisotopic (exact) mass is 295 g/mol. The molecule has 0 aliphatic heterocycles. The van der Waals surface area contributed by atoms with Crippen LogP contribution in [0.25, 0.3) is 0 Å². The Morgan fingerprint density at radius 2 is 2.11 bits per heavy atom. The Labute approximate surface area is 111 Å². The van der Waals surface area contributed by atoms with Crippen LogP contribution in [0.4, 0.5) is 4.39 Å². The Morgan fingerprint density at radius 3 is 2.61 bits per heavy atom. The van der Waals surface area contributed by atoms with Crippen molar-refractivity contribution in [2.24, 2.45) is 0 Å². The molecule has 1 aromatic carbocycles. The molecular weight excluding hydrogens is 281 g/mol. The maximum atomic E-state index is 12.9. The predicted octanol–water partition coefficient (Wildman–Crippen LogP) is 1.62. The summed E-state index contributed by atoms with van der Waals surface area (Å²) < 4.78 is 37.8. The van der Waals surface area contributed by atoms with Crippen molar-refractivity contribution in [3.63, 3.8) is 0 Å². The van der Waals surface area contributed by atoms with Crippen LogP contribution in [-0.2, 0) is 15.8 Å². The molecule has 4 nitrogen and oxygen atoms in total. The van der Waals surface area contributed by atoms with Crippen molar-refractivity contribution in [3.05, 3.63) is 34.6 Å². The van der Waals surface area contributed by atoms with E-state index in [2.05, 4.69) is 0 Å². The molecule has 1 aromatic rings. The normalized spacial score (nSPS) is 13.9. The van der Waals surface area contributed by atoms with E-state index >= 15 is 0 Å². The van der Waals surface area contributed by atoms with Gasteiger partial charge in [-0.05, 0) is 24.6 Å². The second-order valence-corrected chi connectivity index (χ2v) is 6.62. The third-order valence-electron chi connectivity index (χ3n) is 2.33. The molecule has 0 saturated carbocycles. The SMILES string of the molecule is CC(O)CN(C)S(=O)(=O)Cc1ccc(F)c(Cl)c1. The van der Waals surface area contributed by atoms with E-state index < -0.39 is 21.9 Å². The zero-order valence-electron chi connectivity index (χ0n) is 10.1. The Bertz CT molecular complexity index is 519. The molecule has 1 rings (SSSR count). The first kappa shape index (κ1) is 15.4. The summed E-state index contributed by atoms with van der Waals surface area (Å²) in [4.78, 5) is 0. The average Bonchev–Trinajstić information content (AvgIpc) is 2.22. The van der Waals surface area contributed by atoms with Crippen molar-refractivity contribution in [1.29, 1.82) is 0 Å². The fraction of sp³-hybridized carbons (Fsp3) is 0.455. The van der Waals surface area contributed by atoms with Crippen LogP contribution in [0, 0.1) is 5.82 Å². The largest absolute Gasteiger partial charge is 0.392 e. The Kier molecular flexibility index (Phi) is 5.10. The summed E-state index contributed by atoms with van der Waals surface area (Å²) in [6, 6.07) is 3.78. The van der Waals surface area contributed by atoms with E-state index in [9.17, 15) is 12.8 Å². The Morgan fingerprint density at radius 1 is 1.50 bits per heavy atom. The standard InChI is InChI=1S/C11H15ClFNO3S/c1-8(15)6-14(2)18(16,17)7-9-3-4-11(13)10(12)5-9/h3-5,8,15H,6-7H2,1-2H3. The highest BCUT2D eigenvalue weighted by Crippen LogP contribution is 2.18. The van der Waals surface area contributed by atoms with Crippen molar-refractivity contribution in [1.82, 2.24) is 4.31 Å². The number of likely N-dealkylation sites (N-methyl/N-ethyl adjacent to an activating group) is 1. The summed E-state index contributed by atoms with van der Waals surface area (Å²) in [5.74, 6) is -0.869. The Balaban J connectivity index is 2.85. The summed E-state index contributed by atoms with van der Waals surface area (Å²) >= 11 is 5.58. The van der Waals surface area contributed by atoms with Gasteiger partial charge < -0.3 is 5.11 Å². The lowest BCUT2D eigenvalue weighted by molar-refractivity contribution is 0.171. The molecule has 0 saturated heterocycles. The first-order valence-electron chi connectivity index (χ1n) is 5.28. The van der Waals surface area contributed by atoms with Crippen molar-refractivity contribution in [2.45, 2.75) is 18.8 Å². The summed E-state index contributed by atoms with van der Waals surface area (Å²) in [6.45, 7) is 1.51. The number of aliphatic hydroxyl groups excluding tert-OH is 1. The smallest absolute Gasteiger partial charge is 0.218 e. The molecule has 0 heterocycles. The Hall–Kier alpha value is -0.690. The van der Waals surface area contributed by atoms with Gasteiger partial charge in [0.2, 0.25) is 10.0 Å². The van der Waals surface area contributed by atoms with E-state index in [4.69, 9.17) is 16.7 Å². The minimum absolute atomic E-state index is 0.0112. The fourth-order valence-electron chi connectivity index (χ4n) is 1.44. The molecule has 0 fully saturated rings. The summed E-state index contributed by atoms with van der Waals surface area (Å²) in [6.07, 6.45) is -0.749. The lowest BCUT2D eigenvalue weighted by atomic mass is 10.2. The summed E-state index contributed by atoms with van der Waals surface area (Å²) in [5, 5.41) is 9.05. The molecule has 1 unspecified atom stereocenters. The van der Waals surface area contributed by atoms with Gasteiger partial charge in [0.1, 0.15) is 5.82 Å². The lowest BCUT2D eigenvalue weighted by Gasteiger charge is -2.18. The van der Waals surface area contributed by atoms with Gasteiger partial charge in [-0.2, -0.15) is 0 Å². The van der Waals surface area contributed by atoms with Gasteiger partial charge in [0, 0.05) is 13.6 Å². The van der Waals surface area contributed by atoms with Gasteiger partial charge in [-0.15, -0.1) is 0 Å². The third-order valence-corrected chi connectivity index (χ3v) is 4.42. The molecule has 1 atom stereocenters. The predicted molar refractivity (Wildman–Crippen MR) is 68.3 cm³/mol. The van der Waals surface area contributed by atoms with E-state index in [1.54, 1.807) is 0 Å². The van der Waals surface area contributed by atoms with Gasteiger partial charge in [0.15, 0.2) is 0 Å². The van der Waals surface area contributed by atoms with Crippen LogP contribution in [0.3, 0.4) is 0 Å². The van der Waals surface area contributed by atoms with E-state index in [0.717, 1.165) is 10.4 Å². The maximum Gasteiger partial charge on any atom is 0.218 e. The van der Waals surface area contributed by atoms with Gasteiger partial charge in [-0.25, -0.2) is 17.1 Å². The molecule has 7 heteroatoms. The van der Waals surface area contributed by atoms with Crippen LogP contribution < -0.4 is 0 Å². The quantitative estimate of drug-likeness (QED) is 0.898. The van der Waals surface area contributed by atoms with E-state index in [1.807, 2.05) is 0 Å². The van der Waals surface area contributed by atoms with Crippen molar-refractivity contribution < 1.29 is 17.9 Å². The zero-order chi connectivity index (χ0) is 13.9. The number of aliphatic hydroxyl groups is 1. The highest BCUT2D eigenvalue weighted by Gasteiger charge is 2.20. The highest BCUT2D eigenvalue weighted by atomic mass is 35.5. The summed E-state index contributed by atoms with van der Waals surface area (Å²) in [5.41, 5.74) is 0.402. The second kappa shape index (κ2) is 5.97. The zero-order valence-corrected chi connectivity index (χ0v) is 11.7. The van der Waals surface area contributed by atoms with E-state index in [0.29, 0.717) is 5.56 Å². The molecule has 0 aliphatic carbocycles. The van der Waals surface area contributed by atoms with Crippen molar-refractivity contribution in [3.8, 4) is 0 Å². The third kappa shape index (κ3) is 4.20. The van der Waals surface area contributed by atoms with Gasteiger partial charge in [-0.1, -0.05) is 17.7 Å². The molecular formula is C11H15ClFNO3S. The minimum Gasteiger partial charge on any atom is -0.392 e. The number of sulfonamides is 1. The molecule has 1 N–H and O–H groups in total. The average molecular weight is 296 g/mol.